The summed E-state index contributed by atoms with van der Waals surface area (Å²) in [4.78, 5) is 19.8. The Balaban J connectivity index is 1.40. The summed E-state index contributed by atoms with van der Waals surface area (Å²) in [7, 11) is 0. The zero-order valence-corrected chi connectivity index (χ0v) is 16.4. The molecule has 144 valence electrons. The maximum absolute atomic E-state index is 12.5. The molecule has 0 spiro atoms. The first-order valence-electron chi connectivity index (χ1n) is 8.57. The molecular formula is C18H13N7O2S2. The van der Waals surface area contributed by atoms with Crippen LogP contribution in [-0.2, 0) is 6.54 Å². The van der Waals surface area contributed by atoms with Crippen molar-refractivity contribution in [3.63, 3.8) is 0 Å². The topological polar surface area (TPSA) is 115 Å². The normalized spacial score (nSPS) is 11.2. The number of aromatic amines is 1. The molecule has 0 aliphatic rings. The molecule has 0 amide bonds. The zero-order valence-electron chi connectivity index (χ0n) is 14.8. The van der Waals surface area contributed by atoms with Crippen LogP contribution in [0.5, 0.6) is 0 Å². The molecular weight excluding hydrogens is 410 g/mol. The van der Waals surface area contributed by atoms with Gasteiger partial charge in [-0.25, -0.2) is 9.67 Å². The minimum atomic E-state index is -0.250. The first-order chi connectivity index (χ1) is 14.3. The summed E-state index contributed by atoms with van der Waals surface area (Å²) in [6.45, 7) is 0.517. The highest BCUT2D eigenvalue weighted by Gasteiger charge is 2.14. The molecule has 29 heavy (non-hydrogen) atoms. The molecule has 11 heteroatoms. The molecule has 0 fully saturated rings. The largest absolute Gasteiger partial charge is 0.467 e. The molecule has 4 aromatic heterocycles. The number of hydrogen-bond acceptors (Lipinski definition) is 9. The third kappa shape index (κ3) is 3.65. The van der Waals surface area contributed by atoms with E-state index in [1.807, 2.05) is 42.5 Å². The Morgan fingerprint density at radius 2 is 2.07 bits per heavy atom. The average Bonchev–Trinajstić information content (AvgIpc) is 3.48. The van der Waals surface area contributed by atoms with E-state index in [0.29, 0.717) is 32.2 Å². The van der Waals surface area contributed by atoms with Crippen LogP contribution in [0.3, 0.4) is 0 Å². The summed E-state index contributed by atoms with van der Waals surface area (Å²) >= 11 is 2.61. The van der Waals surface area contributed by atoms with E-state index in [-0.39, 0.29) is 5.56 Å². The molecule has 0 aliphatic heterocycles. The van der Waals surface area contributed by atoms with E-state index < -0.39 is 0 Å². The van der Waals surface area contributed by atoms with Gasteiger partial charge in [0, 0.05) is 0 Å². The van der Waals surface area contributed by atoms with Crippen LogP contribution in [-0.4, -0.2) is 29.9 Å². The molecule has 1 aromatic carbocycles. The van der Waals surface area contributed by atoms with E-state index in [4.69, 9.17) is 4.42 Å². The molecule has 5 aromatic rings. The van der Waals surface area contributed by atoms with Crippen LogP contribution in [0, 0.1) is 0 Å². The third-order valence-electron chi connectivity index (χ3n) is 4.00. The minimum Gasteiger partial charge on any atom is -0.467 e. The predicted octanol–water partition coefficient (Wildman–Crippen LogP) is 3.32. The fourth-order valence-electron chi connectivity index (χ4n) is 2.69. The van der Waals surface area contributed by atoms with Crippen LogP contribution >= 0.6 is 23.1 Å². The van der Waals surface area contributed by atoms with Crippen LogP contribution in [0.15, 0.2) is 73.6 Å². The van der Waals surface area contributed by atoms with E-state index in [9.17, 15) is 4.79 Å². The number of para-hydroxylation sites is 1. The standard InChI is InChI=1S/C18H13N7O2S2/c26-15-13-10-20-25(11-5-2-1-3-6-11)14(13)21-17(22-15)29-18-24-23-16(28-18)19-9-12-7-4-8-27-12/h1-8,10H,9H2,(H,19,23)(H,21,22,26). The number of rotatable bonds is 6. The van der Waals surface area contributed by atoms with Crippen LogP contribution in [0.4, 0.5) is 5.13 Å². The molecule has 0 saturated heterocycles. The lowest BCUT2D eigenvalue weighted by Gasteiger charge is -2.03. The first-order valence-corrected chi connectivity index (χ1v) is 10.2. The van der Waals surface area contributed by atoms with Gasteiger partial charge in [0.2, 0.25) is 5.13 Å². The average molecular weight is 423 g/mol. The van der Waals surface area contributed by atoms with Crippen LogP contribution < -0.4 is 10.9 Å². The Labute approximate surface area is 171 Å². The summed E-state index contributed by atoms with van der Waals surface area (Å²) in [5.74, 6) is 0.806. The summed E-state index contributed by atoms with van der Waals surface area (Å²) in [6.07, 6.45) is 3.14. The molecule has 0 aliphatic carbocycles. The van der Waals surface area contributed by atoms with Crippen molar-refractivity contribution < 1.29 is 4.42 Å². The van der Waals surface area contributed by atoms with Gasteiger partial charge in [0.05, 0.1) is 24.7 Å². The molecule has 0 unspecified atom stereocenters. The van der Waals surface area contributed by atoms with E-state index in [2.05, 4.69) is 30.6 Å². The summed E-state index contributed by atoms with van der Waals surface area (Å²) in [5.41, 5.74) is 1.07. The number of benzene rings is 1. The van der Waals surface area contributed by atoms with Crippen molar-refractivity contribution in [3.05, 3.63) is 71.0 Å². The Morgan fingerprint density at radius 1 is 1.17 bits per heavy atom. The fraction of sp³-hybridized carbons (Fsp3) is 0.0556. The van der Waals surface area contributed by atoms with Gasteiger partial charge in [0.15, 0.2) is 15.1 Å². The molecule has 5 rings (SSSR count). The number of fused-ring (bicyclic) bond motifs is 1. The quantitative estimate of drug-likeness (QED) is 0.400. The highest BCUT2D eigenvalue weighted by molar-refractivity contribution is 8.00. The number of aromatic nitrogens is 6. The van der Waals surface area contributed by atoms with E-state index in [1.54, 1.807) is 10.9 Å². The molecule has 0 saturated carbocycles. The summed E-state index contributed by atoms with van der Waals surface area (Å²) in [5, 5.41) is 17.2. The van der Waals surface area contributed by atoms with Gasteiger partial charge in [-0.3, -0.25) is 4.79 Å². The number of furan rings is 1. The first kappa shape index (κ1) is 17.6. The lowest BCUT2D eigenvalue weighted by Crippen LogP contribution is -2.09. The Morgan fingerprint density at radius 3 is 2.90 bits per heavy atom. The second kappa shape index (κ2) is 7.53. The summed E-state index contributed by atoms with van der Waals surface area (Å²) in [6, 6.07) is 13.3. The molecule has 4 heterocycles. The maximum atomic E-state index is 12.5. The highest BCUT2D eigenvalue weighted by Crippen LogP contribution is 2.30. The predicted molar refractivity (Wildman–Crippen MR) is 110 cm³/mol. The SMILES string of the molecule is O=c1[nH]c(Sc2nnc(NCc3ccco3)s2)nc2c1cnn2-c1ccccc1. The van der Waals surface area contributed by atoms with E-state index in [0.717, 1.165) is 11.4 Å². The van der Waals surface area contributed by atoms with Crippen molar-refractivity contribution in [2.24, 2.45) is 0 Å². The van der Waals surface area contributed by atoms with Crippen LogP contribution in [0.2, 0.25) is 0 Å². The molecule has 9 nitrogen and oxygen atoms in total. The maximum Gasteiger partial charge on any atom is 0.262 e. The van der Waals surface area contributed by atoms with E-state index >= 15 is 0 Å². The van der Waals surface area contributed by atoms with Crippen molar-refractivity contribution in [2.75, 3.05) is 5.32 Å². The van der Waals surface area contributed by atoms with Gasteiger partial charge in [-0.2, -0.15) is 5.10 Å². The van der Waals surface area contributed by atoms with Gasteiger partial charge in [-0.1, -0.05) is 29.5 Å². The number of hydrogen-bond donors (Lipinski definition) is 2. The number of nitrogens with zero attached hydrogens (tertiary/aromatic N) is 5. The summed E-state index contributed by atoms with van der Waals surface area (Å²) < 4.78 is 7.58. The molecule has 2 N–H and O–H groups in total. The van der Waals surface area contributed by atoms with Gasteiger partial charge >= 0.3 is 0 Å². The Kier molecular flexibility index (Phi) is 4.58. The van der Waals surface area contributed by atoms with Gasteiger partial charge in [0.25, 0.3) is 5.56 Å². The minimum absolute atomic E-state index is 0.250. The lowest BCUT2D eigenvalue weighted by atomic mass is 10.3. The van der Waals surface area contributed by atoms with Crippen molar-refractivity contribution in [1.29, 1.82) is 0 Å². The Bertz CT molecular complexity index is 1310. The molecule has 0 radical (unpaired) electrons. The smallest absolute Gasteiger partial charge is 0.262 e. The number of anilines is 1. The zero-order chi connectivity index (χ0) is 19.6. The van der Waals surface area contributed by atoms with Crippen molar-refractivity contribution in [3.8, 4) is 5.69 Å². The Hall–Kier alpha value is -3.44. The van der Waals surface area contributed by atoms with Gasteiger partial charge in [0.1, 0.15) is 11.1 Å². The van der Waals surface area contributed by atoms with Crippen LogP contribution in [0.25, 0.3) is 16.7 Å². The fourth-order valence-corrected chi connectivity index (χ4v) is 4.32. The van der Waals surface area contributed by atoms with Gasteiger partial charge in [-0.15, -0.1) is 10.2 Å². The molecule has 0 atom stereocenters. The van der Waals surface area contributed by atoms with E-state index in [1.165, 1.54) is 29.3 Å². The molecule has 0 bridgehead atoms. The number of nitrogens with one attached hydrogen (secondary N) is 2. The highest BCUT2D eigenvalue weighted by atomic mass is 32.2. The second-order valence-corrected chi connectivity index (χ2v) is 8.12. The van der Waals surface area contributed by atoms with Gasteiger partial charge in [-0.05, 0) is 36.0 Å². The van der Waals surface area contributed by atoms with Crippen molar-refractivity contribution in [1.82, 2.24) is 29.9 Å². The second-order valence-electron chi connectivity index (χ2n) is 5.91. The van der Waals surface area contributed by atoms with Crippen LogP contribution in [0.1, 0.15) is 5.76 Å². The number of H-pyrrole nitrogens is 1. The van der Waals surface area contributed by atoms with Crippen molar-refractivity contribution >= 4 is 39.3 Å². The van der Waals surface area contributed by atoms with Crippen molar-refractivity contribution in [2.45, 2.75) is 16.0 Å². The van der Waals surface area contributed by atoms with Gasteiger partial charge < -0.3 is 14.7 Å². The lowest BCUT2D eigenvalue weighted by molar-refractivity contribution is 0.518. The third-order valence-corrected chi connectivity index (χ3v) is 5.82. The monoisotopic (exact) mass is 423 g/mol.